The molecule has 2 aliphatic rings. The summed E-state index contributed by atoms with van der Waals surface area (Å²) in [6.45, 7) is 9.73. The van der Waals surface area contributed by atoms with E-state index in [0.717, 1.165) is 55.1 Å². The summed E-state index contributed by atoms with van der Waals surface area (Å²) < 4.78 is 5.42. The Bertz CT molecular complexity index is 457. The minimum atomic E-state index is -0.418. The Morgan fingerprint density at radius 3 is 2.75 bits per heavy atom. The Hall–Kier alpha value is -0.690. The third-order valence-electron chi connectivity index (χ3n) is 4.20. The van der Waals surface area contributed by atoms with Gasteiger partial charge in [-0.05, 0) is 20.3 Å². The van der Waals surface area contributed by atoms with E-state index in [4.69, 9.17) is 4.74 Å². The number of aliphatic hydroxyl groups excluding tert-OH is 1. The first-order chi connectivity index (χ1) is 9.65. The number of ether oxygens (including phenoxy) is 1. The lowest BCUT2D eigenvalue weighted by Crippen LogP contribution is -2.44. The first kappa shape index (κ1) is 14.3. The quantitative estimate of drug-likeness (QED) is 0.914. The number of anilines is 1. The van der Waals surface area contributed by atoms with Gasteiger partial charge in [-0.25, -0.2) is 4.98 Å². The fourth-order valence-electron chi connectivity index (χ4n) is 3.07. The van der Waals surface area contributed by atoms with Gasteiger partial charge in [-0.3, -0.25) is 4.90 Å². The molecule has 0 aromatic carbocycles. The van der Waals surface area contributed by atoms with Crippen molar-refractivity contribution < 1.29 is 9.84 Å². The highest BCUT2D eigenvalue weighted by Gasteiger charge is 2.30. The van der Waals surface area contributed by atoms with Crippen molar-refractivity contribution in [2.45, 2.75) is 32.4 Å². The highest BCUT2D eigenvalue weighted by Crippen LogP contribution is 2.33. The van der Waals surface area contributed by atoms with Crippen molar-refractivity contribution in [3.8, 4) is 0 Å². The van der Waals surface area contributed by atoms with E-state index < -0.39 is 6.10 Å². The van der Waals surface area contributed by atoms with E-state index in [2.05, 4.69) is 14.8 Å². The predicted octanol–water partition coefficient (Wildman–Crippen LogP) is 1.42. The van der Waals surface area contributed by atoms with Gasteiger partial charge in [0.15, 0.2) is 5.13 Å². The second-order valence-electron chi connectivity index (χ2n) is 5.66. The van der Waals surface area contributed by atoms with Crippen LogP contribution >= 0.6 is 11.3 Å². The van der Waals surface area contributed by atoms with Crippen LogP contribution in [0.15, 0.2) is 0 Å². The molecule has 3 heterocycles. The molecule has 1 aromatic rings. The molecule has 0 radical (unpaired) electrons. The van der Waals surface area contributed by atoms with E-state index in [1.807, 2.05) is 13.8 Å². The average molecular weight is 297 g/mol. The van der Waals surface area contributed by atoms with Crippen LogP contribution in [0.1, 0.15) is 30.0 Å². The van der Waals surface area contributed by atoms with Crippen LogP contribution in [-0.2, 0) is 4.74 Å². The minimum absolute atomic E-state index is 0.418. The smallest absolute Gasteiger partial charge is 0.185 e. The van der Waals surface area contributed by atoms with Gasteiger partial charge in [0.25, 0.3) is 0 Å². The number of hydrogen-bond acceptors (Lipinski definition) is 6. The van der Waals surface area contributed by atoms with Crippen molar-refractivity contribution >= 4 is 16.5 Å². The molecule has 1 N–H and O–H groups in total. The Balaban J connectivity index is 1.66. The Labute approximate surface area is 124 Å². The third-order valence-corrected chi connectivity index (χ3v) is 5.59. The molecule has 0 aliphatic carbocycles. The summed E-state index contributed by atoms with van der Waals surface area (Å²) in [5.74, 6) is 0. The van der Waals surface area contributed by atoms with E-state index in [1.54, 1.807) is 11.3 Å². The fraction of sp³-hybridized carbons (Fsp3) is 0.786. The summed E-state index contributed by atoms with van der Waals surface area (Å²) in [6, 6.07) is 0.623. The van der Waals surface area contributed by atoms with Gasteiger partial charge in [-0.1, -0.05) is 11.3 Å². The standard InChI is InChI=1S/C14H23N3O2S/c1-10-13(11(2)18)20-14(15-10)17-4-3-12(9-17)16-5-7-19-8-6-16/h11-12,18H,3-9H2,1-2H3. The van der Waals surface area contributed by atoms with Crippen molar-refractivity contribution in [2.75, 3.05) is 44.3 Å². The number of thiazole rings is 1. The molecule has 2 unspecified atom stereocenters. The largest absolute Gasteiger partial charge is 0.388 e. The summed E-state index contributed by atoms with van der Waals surface area (Å²) in [5, 5.41) is 10.8. The number of aliphatic hydroxyl groups is 1. The zero-order valence-electron chi connectivity index (χ0n) is 12.2. The highest BCUT2D eigenvalue weighted by molar-refractivity contribution is 7.15. The average Bonchev–Trinajstić information content (AvgIpc) is 3.06. The van der Waals surface area contributed by atoms with Crippen LogP contribution in [0.5, 0.6) is 0 Å². The third kappa shape index (κ3) is 2.83. The molecule has 20 heavy (non-hydrogen) atoms. The van der Waals surface area contributed by atoms with Gasteiger partial charge in [0.1, 0.15) is 0 Å². The highest BCUT2D eigenvalue weighted by atomic mass is 32.1. The normalized spacial score (nSPS) is 26.1. The molecule has 0 amide bonds. The summed E-state index contributed by atoms with van der Waals surface area (Å²) in [5.41, 5.74) is 0.967. The maximum absolute atomic E-state index is 9.75. The van der Waals surface area contributed by atoms with Crippen LogP contribution in [0.3, 0.4) is 0 Å². The topological polar surface area (TPSA) is 48.8 Å². The van der Waals surface area contributed by atoms with Crippen molar-refractivity contribution in [3.63, 3.8) is 0 Å². The molecular weight excluding hydrogens is 274 g/mol. The van der Waals surface area contributed by atoms with Gasteiger partial charge in [0.2, 0.25) is 0 Å². The Kier molecular flexibility index (Phi) is 4.26. The molecular formula is C14H23N3O2S. The number of rotatable bonds is 3. The Morgan fingerprint density at radius 2 is 2.10 bits per heavy atom. The monoisotopic (exact) mass is 297 g/mol. The molecule has 3 rings (SSSR count). The lowest BCUT2D eigenvalue weighted by molar-refractivity contribution is 0.0209. The summed E-state index contributed by atoms with van der Waals surface area (Å²) in [7, 11) is 0. The number of aromatic nitrogens is 1. The Morgan fingerprint density at radius 1 is 1.35 bits per heavy atom. The molecule has 2 fully saturated rings. The van der Waals surface area contributed by atoms with Crippen LogP contribution in [-0.4, -0.2) is 60.4 Å². The van der Waals surface area contributed by atoms with E-state index in [1.165, 1.54) is 6.42 Å². The first-order valence-electron chi connectivity index (χ1n) is 7.37. The molecule has 1 aromatic heterocycles. The second kappa shape index (κ2) is 5.97. The van der Waals surface area contributed by atoms with E-state index in [-0.39, 0.29) is 0 Å². The molecule has 0 spiro atoms. The van der Waals surface area contributed by atoms with Crippen LogP contribution in [0.2, 0.25) is 0 Å². The van der Waals surface area contributed by atoms with E-state index in [0.29, 0.717) is 6.04 Å². The van der Waals surface area contributed by atoms with Gasteiger partial charge in [0.05, 0.1) is 29.9 Å². The lowest BCUT2D eigenvalue weighted by Gasteiger charge is -2.32. The first-order valence-corrected chi connectivity index (χ1v) is 8.19. The zero-order chi connectivity index (χ0) is 14.1. The second-order valence-corrected chi connectivity index (χ2v) is 6.67. The van der Waals surface area contributed by atoms with Crippen LogP contribution in [0.25, 0.3) is 0 Å². The van der Waals surface area contributed by atoms with Gasteiger partial charge in [0, 0.05) is 32.2 Å². The number of hydrogen-bond donors (Lipinski definition) is 1. The maximum atomic E-state index is 9.75. The fourth-order valence-corrected chi connectivity index (χ4v) is 4.11. The molecule has 0 bridgehead atoms. The SMILES string of the molecule is Cc1nc(N2CCC(N3CCOCC3)C2)sc1C(C)O. The van der Waals surface area contributed by atoms with Crippen LogP contribution in [0.4, 0.5) is 5.13 Å². The van der Waals surface area contributed by atoms with Crippen molar-refractivity contribution in [3.05, 3.63) is 10.6 Å². The van der Waals surface area contributed by atoms with Crippen LogP contribution < -0.4 is 4.90 Å². The molecule has 6 heteroatoms. The van der Waals surface area contributed by atoms with Gasteiger partial charge >= 0.3 is 0 Å². The molecule has 2 saturated heterocycles. The van der Waals surface area contributed by atoms with E-state index >= 15 is 0 Å². The van der Waals surface area contributed by atoms with Gasteiger partial charge in [-0.2, -0.15) is 0 Å². The molecule has 112 valence electrons. The van der Waals surface area contributed by atoms with Gasteiger partial charge < -0.3 is 14.7 Å². The summed E-state index contributed by atoms with van der Waals surface area (Å²) in [4.78, 5) is 10.5. The van der Waals surface area contributed by atoms with Crippen LogP contribution in [0, 0.1) is 6.92 Å². The lowest BCUT2D eigenvalue weighted by atomic mass is 10.2. The molecule has 5 nitrogen and oxygen atoms in total. The predicted molar refractivity (Wildman–Crippen MR) is 80.5 cm³/mol. The minimum Gasteiger partial charge on any atom is -0.388 e. The summed E-state index contributed by atoms with van der Waals surface area (Å²) >= 11 is 1.64. The number of aryl methyl sites for hydroxylation is 1. The van der Waals surface area contributed by atoms with Crippen molar-refractivity contribution in [1.82, 2.24) is 9.88 Å². The summed E-state index contributed by atoms with van der Waals surface area (Å²) in [6.07, 6.45) is 0.779. The van der Waals surface area contributed by atoms with Crippen molar-refractivity contribution in [1.29, 1.82) is 0 Å². The molecule has 2 atom stereocenters. The van der Waals surface area contributed by atoms with E-state index in [9.17, 15) is 5.11 Å². The number of morpholine rings is 1. The van der Waals surface area contributed by atoms with Gasteiger partial charge in [-0.15, -0.1) is 0 Å². The molecule has 0 saturated carbocycles. The zero-order valence-corrected chi connectivity index (χ0v) is 13.0. The maximum Gasteiger partial charge on any atom is 0.185 e. The van der Waals surface area contributed by atoms with Crippen molar-refractivity contribution in [2.24, 2.45) is 0 Å². The number of nitrogens with zero attached hydrogens (tertiary/aromatic N) is 3. The molecule has 2 aliphatic heterocycles.